The van der Waals surface area contributed by atoms with Crippen LogP contribution >= 0.6 is 23.2 Å². The molecule has 2 aromatic heterocycles. The first kappa shape index (κ1) is 12.2. The zero-order valence-corrected chi connectivity index (χ0v) is 9.80. The maximum absolute atomic E-state index is 12.7. The lowest BCUT2D eigenvalue weighted by molar-refractivity contribution is 0.0899. The predicted molar refractivity (Wildman–Crippen MR) is 58.2 cm³/mol. The monoisotopic (exact) mass is 278 g/mol. The highest BCUT2D eigenvalue weighted by molar-refractivity contribution is 6.30. The summed E-state index contributed by atoms with van der Waals surface area (Å²) in [6.07, 6.45) is 3.10. The molecule has 0 saturated carbocycles. The summed E-state index contributed by atoms with van der Waals surface area (Å²) in [6.45, 7) is 0. The maximum Gasteiger partial charge on any atom is 0.366 e. The number of nitrogens with one attached hydrogen (secondary N) is 1. The highest BCUT2D eigenvalue weighted by atomic mass is 35.5. The van der Waals surface area contributed by atoms with Crippen molar-refractivity contribution in [2.24, 2.45) is 0 Å². The minimum Gasteiger partial charge on any atom is -0.282 e. The molecule has 1 N–H and O–H groups in total. The second-order valence-corrected chi connectivity index (χ2v) is 4.18. The van der Waals surface area contributed by atoms with Crippen molar-refractivity contribution in [2.45, 2.75) is 11.8 Å². The molecule has 2 aromatic rings. The molecule has 0 bridgehead atoms. The van der Waals surface area contributed by atoms with Crippen molar-refractivity contribution < 1.29 is 8.78 Å². The molecule has 0 fully saturated rings. The van der Waals surface area contributed by atoms with Gasteiger partial charge >= 0.3 is 5.38 Å². The summed E-state index contributed by atoms with van der Waals surface area (Å²) in [5.41, 5.74) is -0.0780. The third kappa shape index (κ3) is 3.10. The molecule has 0 spiro atoms. The average molecular weight is 279 g/mol. The van der Waals surface area contributed by atoms with E-state index in [9.17, 15) is 8.78 Å². The second kappa shape index (κ2) is 4.54. The Morgan fingerprint density at radius 2 is 1.94 bits per heavy atom. The summed E-state index contributed by atoms with van der Waals surface area (Å²) < 4.78 is 25.4. The first-order chi connectivity index (χ1) is 7.95. The Morgan fingerprint density at radius 3 is 2.47 bits per heavy atom. The molecule has 0 atom stereocenters. The number of H-pyrrole nitrogens is 1. The number of nitrogens with zero attached hydrogens (tertiary/aromatic N) is 3. The van der Waals surface area contributed by atoms with Gasteiger partial charge in [0.15, 0.2) is 0 Å². The molecule has 0 aliphatic rings. The van der Waals surface area contributed by atoms with Crippen LogP contribution in [0.1, 0.15) is 17.2 Å². The van der Waals surface area contributed by atoms with Gasteiger partial charge in [0.1, 0.15) is 11.5 Å². The van der Waals surface area contributed by atoms with E-state index < -0.39 is 11.1 Å². The van der Waals surface area contributed by atoms with E-state index in [-0.39, 0.29) is 6.42 Å². The van der Waals surface area contributed by atoms with Crippen molar-refractivity contribution in [3.05, 3.63) is 40.7 Å². The fourth-order valence-electron chi connectivity index (χ4n) is 1.20. The highest BCUT2D eigenvalue weighted by Gasteiger charge is 2.31. The van der Waals surface area contributed by atoms with Crippen LogP contribution in [0.15, 0.2) is 18.5 Å². The van der Waals surface area contributed by atoms with Gasteiger partial charge in [-0.15, -0.1) is 0 Å². The predicted octanol–water partition coefficient (Wildman–Crippen LogP) is 2.73. The zero-order chi connectivity index (χ0) is 12.5. The lowest BCUT2D eigenvalue weighted by Gasteiger charge is -2.00. The quantitative estimate of drug-likeness (QED) is 0.879. The van der Waals surface area contributed by atoms with Crippen molar-refractivity contribution >= 4 is 23.2 Å². The molecule has 0 radical (unpaired) electrons. The van der Waals surface area contributed by atoms with Crippen LogP contribution in [0.25, 0.3) is 0 Å². The summed E-state index contributed by atoms with van der Waals surface area (Å²) in [7, 11) is 0. The number of hydrogen-bond acceptors (Lipinski definition) is 3. The van der Waals surface area contributed by atoms with Gasteiger partial charge in [-0.3, -0.25) is 5.10 Å². The van der Waals surface area contributed by atoms with Gasteiger partial charge in [-0.05, 0) is 17.7 Å². The van der Waals surface area contributed by atoms with Crippen LogP contribution in [0.2, 0.25) is 5.02 Å². The maximum atomic E-state index is 12.7. The van der Waals surface area contributed by atoms with Crippen molar-refractivity contribution in [2.75, 3.05) is 0 Å². The van der Waals surface area contributed by atoms with Gasteiger partial charge in [0, 0.05) is 24.5 Å². The summed E-state index contributed by atoms with van der Waals surface area (Å²) >= 11 is 10.4. The SMILES string of the molecule is FC(F)(Cl)c1cc(Cc2ncc(Cl)cn2)[nH]n1. The van der Waals surface area contributed by atoms with E-state index in [1.807, 2.05) is 0 Å². The fourth-order valence-corrected chi connectivity index (χ4v) is 1.39. The Balaban J connectivity index is 2.14. The highest BCUT2D eigenvalue weighted by Crippen LogP contribution is 2.31. The largest absolute Gasteiger partial charge is 0.366 e. The molecule has 2 rings (SSSR count). The van der Waals surface area contributed by atoms with E-state index in [1.165, 1.54) is 18.5 Å². The van der Waals surface area contributed by atoms with E-state index in [2.05, 4.69) is 20.2 Å². The average Bonchev–Trinajstić information content (AvgIpc) is 2.69. The Bertz CT molecular complexity index is 506. The molecule has 2 heterocycles. The molecule has 0 aliphatic heterocycles. The molecule has 0 unspecified atom stereocenters. The van der Waals surface area contributed by atoms with Gasteiger partial charge < -0.3 is 0 Å². The van der Waals surface area contributed by atoms with Crippen molar-refractivity contribution in [3.63, 3.8) is 0 Å². The lowest BCUT2D eigenvalue weighted by atomic mass is 10.2. The molecule has 0 saturated heterocycles. The molecule has 0 amide bonds. The standard InChI is InChI=1S/C9H6Cl2F2N4/c10-5-3-14-8(15-4-5)2-6-1-7(17-16-6)9(11,12)13/h1,3-4H,2H2,(H,16,17). The summed E-state index contributed by atoms with van der Waals surface area (Å²) in [5, 5.41) is 2.79. The molecule has 4 nitrogen and oxygen atoms in total. The topological polar surface area (TPSA) is 54.5 Å². The van der Waals surface area contributed by atoms with Crippen molar-refractivity contribution in [3.8, 4) is 0 Å². The van der Waals surface area contributed by atoms with Crippen LogP contribution in [0.4, 0.5) is 8.78 Å². The summed E-state index contributed by atoms with van der Waals surface area (Å²) in [5.74, 6) is 0.447. The zero-order valence-electron chi connectivity index (χ0n) is 8.29. The van der Waals surface area contributed by atoms with Crippen LogP contribution in [0.3, 0.4) is 0 Å². The minimum absolute atomic E-state index is 0.247. The Labute approximate surface area is 105 Å². The van der Waals surface area contributed by atoms with Crippen LogP contribution in [0.5, 0.6) is 0 Å². The minimum atomic E-state index is -3.48. The van der Waals surface area contributed by atoms with Crippen molar-refractivity contribution in [1.29, 1.82) is 0 Å². The van der Waals surface area contributed by atoms with E-state index in [0.29, 0.717) is 16.5 Å². The third-order valence-corrected chi connectivity index (χ3v) is 2.33. The first-order valence-corrected chi connectivity index (χ1v) is 5.28. The molecule has 17 heavy (non-hydrogen) atoms. The molecular weight excluding hydrogens is 273 g/mol. The molecule has 0 aromatic carbocycles. The van der Waals surface area contributed by atoms with Crippen molar-refractivity contribution in [1.82, 2.24) is 20.2 Å². The molecule has 8 heteroatoms. The van der Waals surface area contributed by atoms with E-state index in [0.717, 1.165) is 0 Å². The number of aromatic nitrogens is 4. The number of rotatable bonds is 3. The van der Waals surface area contributed by atoms with Gasteiger partial charge in [0.25, 0.3) is 0 Å². The molecule has 0 aliphatic carbocycles. The second-order valence-electron chi connectivity index (χ2n) is 3.27. The fraction of sp³-hybridized carbons (Fsp3) is 0.222. The van der Waals surface area contributed by atoms with E-state index >= 15 is 0 Å². The molecular formula is C9H6Cl2F2N4. The Hall–Kier alpha value is -1.27. The number of aromatic amines is 1. The van der Waals surface area contributed by atoms with Gasteiger partial charge in [-0.25, -0.2) is 9.97 Å². The van der Waals surface area contributed by atoms with Crippen LogP contribution in [-0.4, -0.2) is 20.2 Å². The number of halogens is 4. The van der Waals surface area contributed by atoms with E-state index in [4.69, 9.17) is 23.2 Å². The first-order valence-electron chi connectivity index (χ1n) is 4.53. The van der Waals surface area contributed by atoms with Crippen LogP contribution in [0, 0.1) is 0 Å². The van der Waals surface area contributed by atoms with Gasteiger partial charge in [0.2, 0.25) is 0 Å². The number of hydrogen-bond donors (Lipinski definition) is 1. The van der Waals surface area contributed by atoms with Crippen LogP contribution < -0.4 is 0 Å². The summed E-state index contributed by atoms with van der Waals surface area (Å²) in [4.78, 5) is 7.87. The van der Waals surface area contributed by atoms with Gasteiger partial charge in [-0.1, -0.05) is 11.6 Å². The van der Waals surface area contributed by atoms with Crippen LogP contribution in [-0.2, 0) is 11.8 Å². The Morgan fingerprint density at radius 1 is 1.29 bits per heavy atom. The number of alkyl halides is 3. The molecule has 90 valence electrons. The summed E-state index contributed by atoms with van der Waals surface area (Å²) in [6, 6.07) is 1.17. The normalized spacial score (nSPS) is 11.8. The smallest absolute Gasteiger partial charge is 0.282 e. The third-order valence-electron chi connectivity index (χ3n) is 1.94. The Kier molecular flexibility index (Phi) is 3.26. The lowest BCUT2D eigenvalue weighted by Crippen LogP contribution is -2.03. The van der Waals surface area contributed by atoms with E-state index in [1.54, 1.807) is 0 Å². The van der Waals surface area contributed by atoms with Gasteiger partial charge in [-0.2, -0.15) is 13.9 Å². The van der Waals surface area contributed by atoms with Gasteiger partial charge in [0.05, 0.1) is 5.02 Å².